The summed E-state index contributed by atoms with van der Waals surface area (Å²) in [4.78, 5) is 23.5. The van der Waals surface area contributed by atoms with Crippen molar-refractivity contribution < 1.29 is 5.48 Å². The maximum atomic E-state index is 4.68. The molecule has 0 radical (unpaired) electrons. The van der Waals surface area contributed by atoms with Crippen LogP contribution in [0, 0.1) is 6.92 Å². The summed E-state index contributed by atoms with van der Waals surface area (Å²) in [6.45, 7) is 4.07. The second-order valence-electron chi connectivity index (χ2n) is 5.68. The molecule has 7 nitrogen and oxygen atoms in total. The van der Waals surface area contributed by atoms with Gasteiger partial charge in [-0.1, -0.05) is 0 Å². The van der Waals surface area contributed by atoms with Crippen LogP contribution in [0.5, 0.6) is 0 Å². The van der Waals surface area contributed by atoms with E-state index in [2.05, 4.69) is 29.8 Å². The average molecular weight is 349 g/mol. The molecule has 0 unspecified atom stereocenters. The van der Waals surface area contributed by atoms with Gasteiger partial charge in [-0.15, -0.1) is 12.4 Å². The highest BCUT2D eigenvalue weighted by atomic mass is 35.5. The first-order valence-electron chi connectivity index (χ1n) is 7.70. The second kappa shape index (κ2) is 7.55. The van der Waals surface area contributed by atoms with Gasteiger partial charge in [0.05, 0.1) is 17.4 Å². The maximum Gasteiger partial charge on any atom is 0.156 e. The number of piperidine rings is 1. The summed E-state index contributed by atoms with van der Waals surface area (Å²) < 4.78 is 0. The summed E-state index contributed by atoms with van der Waals surface area (Å²) in [5.74, 6) is 1.81. The number of anilines is 1. The molecule has 0 bridgehead atoms. The quantitative estimate of drug-likeness (QED) is 0.765. The van der Waals surface area contributed by atoms with Crippen molar-refractivity contribution in [1.29, 1.82) is 0 Å². The van der Waals surface area contributed by atoms with Crippen LogP contribution >= 0.6 is 12.4 Å². The lowest BCUT2D eigenvalue weighted by molar-refractivity contribution is 0.574. The lowest BCUT2D eigenvalue weighted by atomic mass is 10.1. The van der Waals surface area contributed by atoms with Crippen molar-refractivity contribution in [2.24, 2.45) is 0 Å². The van der Waals surface area contributed by atoms with E-state index in [0.29, 0.717) is 0 Å². The van der Waals surface area contributed by atoms with Gasteiger partial charge in [-0.3, -0.25) is 9.97 Å². The minimum atomic E-state index is 0. The Labute approximate surface area is 146 Å². The van der Waals surface area contributed by atoms with E-state index in [-0.39, 0.29) is 17.9 Å². The number of rotatable bonds is 2. The van der Waals surface area contributed by atoms with E-state index in [0.717, 1.165) is 47.2 Å². The zero-order valence-corrected chi connectivity index (χ0v) is 14.3. The summed E-state index contributed by atoms with van der Waals surface area (Å²) in [6, 6.07) is 2.03. The Hall–Kier alpha value is -2.25. The van der Waals surface area contributed by atoms with E-state index in [1.807, 2.05) is 13.0 Å². The normalized spacial score (nSPS) is 14.1. The third-order valence-electron chi connectivity index (χ3n) is 4.07. The van der Waals surface area contributed by atoms with Crippen LogP contribution in [0.15, 0.2) is 24.7 Å². The van der Waals surface area contributed by atoms with Gasteiger partial charge in [0.2, 0.25) is 0 Å². The molecule has 0 spiro atoms. The number of aromatic amines is 1. The molecule has 4 rings (SSSR count). The standard InChI is InChI=1S/C16H18N6.ClH.H2O/c1-11-19-13-9-12(14-10-17-5-6-18-14)21-15(13)16(20-11)22-7-3-2-4-8-22;;/h5-6,9-10,21H,2-4,7-8H2,1H3;1H;1H2. The largest absolute Gasteiger partial charge is 0.412 e. The van der Waals surface area contributed by atoms with E-state index in [4.69, 9.17) is 0 Å². The molecule has 3 aromatic heterocycles. The van der Waals surface area contributed by atoms with Crippen molar-refractivity contribution in [2.75, 3.05) is 18.0 Å². The lowest BCUT2D eigenvalue weighted by Gasteiger charge is -2.28. The first kappa shape index (κ1) is 18.1. The smallest absolute Gasteiger partial charge is 0.156 e. The molecule has 1 saturated heterocycles. The molecule has 128 valence electrons. The van der Waals surface area contributed by atoms with Crippen molar-refractivity contribution in [3.8, 4) is 11.4 Å². The molecule has 0 amide bonds. The Morgan fingerprint density at radius 2 is 1.88 bits per heavy atom. The summed E-state index contributed by atoms with van der Waals surface area (Å²) in [6.07, 6.45) is 8.88. The van der Waals surface area contributed by atoms with Crippen molar-refractivity contribution in [3.05, 3.63) is 30.5 Å². The van der Waals surface area contributed by atoms with Crippen LogP contribution in [0.4, 0.5) is 5.82 Å². The minimum absolute atomic E-state index is 0. The number of hydrogen-bond donors (Lipinski definition) is 1. The third-order valence-corrected chi connectivity index (χ3v) is 4.07. The summed E-state index contributed by atoms with van der Waals surface area (Å²) in [5, 5.41) is 0. The molecule has 0 saturated carbocycles. The number of fused-ring (bicyclic) bond motifs is 1. The van der Waals surface area contributed by atoms with E-state index in [1.54, 1.807) is 18.6 Å². The zero-order valence-electron chi connectivity index (χ0n) is 13.5. The van der Waals surface area contributed by atoms with Crippen LogP contribution in [0.2, 0.25) is 0 Å². The number of aryl methyl sites for hydroxylation is 1. The van der Waals surface area contributed by atoms with Gasteiger partial charge in [-0.05, 0) is 32.3 Å². The number of hydrogen-bond acceptors (Lipinski definition) is 5. The Morgan fingerprint density at radius 1 is 1.08 bits per heavy atom. The first-order chi connectivity index (χ1) is 10.8. The van der Waals surface area contributed by atoms with Crippen LogP contribution in [0.3, 0.4) is 0 Å². The van der Waals surface area contributed by atoms with Crippen molar-refractivity contribution in [1.82, 2.24) is 24.9 Å². The second-order valence-corrected chi connectivity index (χ2v) is 5.68. The van der Waals surface area contributed by atoms with Crippen LogP contribution in [0.25, 0.3) is 22.4 Å². The highest BCUT2D eigenvalue weighted by molar-refractivity contribution is 5.90. The van der Waals surface area contributed by atoms with Gasteiger partial charge in [0.1, 0.15) is 17.0 Å². The molecule has 3 N–H and O–H groups in total. The van der Waals surface area contributed by atoms with E-state index < -0.39 is 0 Å². The highest BCUT2D eigenvalue weighted by Crippen LogP contribution is 2.29. The highest BCUT2D eigenvalue weighted by Gasteiger charge is 2.18. The Balaban J connectivity index is 0.00000104. The fourth-order valence-electron chi connectivity index (χ4n) is 3.02. The molecule has 0 aromatic carbocycles. The number of nitrogens with zero attached hydrogens (tertiary/aromatic N) is 5. The van der Waals surface area contributed by atoms with Crippen molar-refractivity contribution in [3.63, 3.8) is 0 Å². The van der Waals surface area contributed by atoms with E-state index in [9.17, 15) is 0 Å². The van der Waals surface area contributed by atoms with Crippen molar-refractivity contribution in [2.45, 2.75) is 26.2 Å². The average Bonchev–Trinajstić information content (AvgIpc) is 2.99. The monoisotopic (exact) mass is 348 g/mol. The summed E-state index contributed by atoms with van der Waals surface area (Å²) >= 11 is 0. The molecule has 0 atom stereocenters. The summed E-state index contributed by atoms with van der Waals surface area (Å²) in [5.41, 5.74) is 3.69. The third kappa shape index (κ3) is 3.32. The number of halogens is 1. The number of H-pyrrole nitrogens is 1. The Morgan fingerprint density at radius 3 is 2.58 bits per heavy atom. The zero-order chi connectivity index (χ0) is 14.9. The molecule has 4 heterocycles. The molecule has 1 fully saturated rings. The van der Waals surface area contributed by atoms with Gasteiger partial charge >= 0.3 is 0 Å². The van der Waals surface area contributed by atoms with Gasteiger partial charge in [0, 0.05) is 25.5 Å². The first-order valence-corrected chi connectivity index (χ1v) is 7.70. The van der Waals surface area contributed by atoms with Crippen molar-refractivity contribution >= 4 is 29.3 Å². The Bertz CT molecular complexity index is 801. The van der Waals surface area contributed by atoms with Crippen LogP contribution in [-0.4, -0.2) is 43.5 Å². The van der Waals surface area contributed by atoms with Crippen LogP contribution in [0.1, 0.15) is 25.1 Å². The molecule has 8 heteroatoms. The van der Waals surface area contributed by atoms with E-state index >= 15 is 0 Å². The predicted molar refractivity (Wildman–Crippen MR) is 96.6 cm³/mol. The lowest BCUT2D eigenvalue weighted by Crippen LogP contribution is -2.30. The van der Waals surface area contributed by atoms with Gasteiger partial charge in [-0.25, -0.2) is 9.97 Å². The maximum absolute atomic E-state index is 4.68. The van der Waals surface area contributed by atoms with Crippen LogP contribution < -0.4 is 4.90 Å². The molecule has 1 aliphatic heterocycles. The minimum Gasteiger partial charge on any atom is -0.412 e. The van der Waals surface area contributed by atoms with E-state index in [1.165, 1.54) is 19.3 Å². The van der Waals surface area contributed by atoms with Gasteiger partial charge < -0.3 is 15.4 Å². The van der Waals surface area contributed by atoms with Gasteiger partial charge in [0.15, 0.2) is 5.82 Å². The fraction of sp³-hybridized carbons (Fsp3) is 0.375. The molecular weight excluding hydrogens is 328 g/mol. The SMILES string of the molecule is Cc1nc(N2CCCCC2)c2[nH]c(-c3cnccn3)cc2n1.Cl.O. The number of nitrogens with one attached hydrogen (secondary N) is 1. The fourth-order valence-corrected chi connectivity index (χ4v) is 3.02. The molecule has 1 aliphatic rings. The number of aromatic nitrogens is 5. The topological polar surface area (TPSA) is 102 Å². The van der Waals surface area contributed by atoms with Gasteiger partial charge in [-0.2, -0.15) is 0 Å². The van der Waals surface area contributed by atoms with Gasteiger partial charge in [0.25, 0.3) is 0 Å². The molecular formula is C16H21ClN6O. The molecule has 24 heavy (non-hydrogen) atoms. The van der Waals surface area contributed by atoms with Crippen LogP contribution in [-0.2, 0) is 0 Å². The summed E-state index contributed by atoms with van der Waals surface area (Å²) in [7, 11) is 0. The molecule has 0 aliphatic carbocycles. The predicted octanol–water partition coefficient (Wildman–Crippen LogP) is 2.31. The Kier molecular flexibility index (Phi) is 5.69. The molecule has 3 aromatic rings.